The topological polar surface area (TPSA) is 70.2 Å². The van der Waals surface area contributed by atoms with Gasteiger partial charge in [-0.15, -0.1) is 0 Å². The SMILES string of the molecule is Cc1ccc(NCC(=O)Nc2ccccc2C(=O)NCC(C)C)cc1. The van der Waals surface area contributed by atoms with Crippen LogP contribution in [0.2, 0.25) is 0 Å². The Kier molecular flexibility index (Phi) is 6.57. The molecule has 0 aliphatic heterocycles. The van der Waals surface area contributed by atoms with Gasteiger partial charge in [0.2, 0.25) is 5.91 Å². The van der Waals surface area contributed by atoms with Gasteiger partial charge < -0.3 is 16.0 Å². The third-order valence-corrected chi connectivity index (χ3v) is 3.62. The first-order chi connectivity index (χ1) is 12.0. The molecule has 2 amide bonds. The molecule has 0 atom stereocenters. The highest BCUT2D eigenvalue weighted by Gasteiger charge is 2.13. The summed E-state index contributed by atoms with van der Waals surface area (Å²) in [5.41, 5.74) is 3.02. The molecule has 5 heteroatoms. The molecule has 0 aliphatic carbocycles. The van der Waals surface area contributed by atoms with Crippen molar-refractivity contribution in [1.29, 1.82) is 0 Å². The second kappa shape index (κ2) is 8.87. The number of hydrogen-bond acceptors (Lipinski definition) is 3. The molecule has 2 aromatic carbocycles. The van der Waals surface area contributed by atoms with E-state index in [0.717, 1.165) is 11.3 Å². The van der Waals surface area contributed by atoms with E-state index in [2.05, 4.69) is 16.0 Å². The predicted octanol–water partition coefficient (Wildman–Crippen LogP) is 3.43. The van der Waals surface area contributed by atoms with Crippen LogP contribution in [0.15, 0.2) is 48.5 Å². The van der Waals surface area contributed by atoms with E-state index in [1.165, 1.54) is 0 Å². The first-order valence-corrected chi connectivity index (χ1v) is 8.43. The third-order valence-electron chi connectivity index (χ3n) is 3.62. The van der Waals surface area contributed by atoms with Gasteiger partial charge in [-0.1, -0.05) is 43.7 Å². The monoisotopic (exact) mass is 339 g/mol. The molecule has 0 fully saturated rings. The summed E-state index contributed by atoms with van der Waals surface area (Å²) >= 11 is 0. The summed E-state index contributed by atoms with van der Waals surface area (Å²) in [7, 11) is 0. The van der Waals surface area contributed by atoms with E-state index < -0.39 is 0 Å². The Bertz CT molecular complexity index is 724. The van der Waals surface area contributed by atoms with E-state index in [4.69, 9.17) is 0 Å². The average Bonchev–Trinajstić information content (AvgIpc) is 2.59. The fraction of sp³-hybridized carbons (Fsp3) is 0.300. The van der Waals surface area contributed by atoms with Gasteiger partial charge in [0.05, 0.1) is 17.8 Å². The molecule has 25 heavy (non-hydrogen) atoms. The van der Waals surface area contributed by atoms with Crippen molar-refractivity contribution in [3.8, 4) is 0 Å². The maximum absolute atomic E-state index is 12.3. The Morgan fingerprint density at radius 1 is 1.00 bits per heavy atom. The zero-order valence-electron chi connectivity index (χ0n) is 14.9. The minimum Gasteiger partial charge on any atom is -0.376 e. The quantitative estimate of drug-likeness (QED) is 0.724. The van der Waals surface area contributed by atoms with Crippen molar-refractivity contribution in [3.05, 3.63) is 59.7 Å². The third kappa shape index (κ3) is 5.95. The Morgan fingerprint density at radius 2 is 1.68 bits per heavy atom. The van der Waals surface area contributed by atoms with E-state index in [-0.39, 0.29) is 18.4 Å². The number of para-hydroxylation sites is 1. The summed E-state index contributed by atoms with van der Waals surface area (Å²) in [4.78, 5) is 24.5. The van der Waals surface area contributed by atoms with Crippen molar-refractivity contribution in [3.63, 3.8) is 0 Å². The molecule has 0 aliphatic rings. The van der Waals surface area contributed by atoms with Crippen LogP contribution in [0.5, 0.6) is 0 Å². The van der Waals surface area contributed by atoms with Gasteiger partial charge >= 0.3 is 0 Å². The molecule has 5 nitrogen and oxygen atoms in total. The summed E-state index contributed by atoms with van der Waals surface area (Å²) in [5, 5.41) is 8.74. The van der Waals surface area contributed by atoms with Crippen LogP contribution >= 0.6 is 0 Å². The normalized spacial score (nSPS) is 10.4. The first-order valence-electron chi connectivity index (χ1n) is 8.43. The van der Waals surface area contributed by atoms with E-state index in [0.29, 0.717) is 23.7 Å². The lowest BCUT2D eigenvalue weighted by Crippen LogP contribution is -2.29. The highest BCUT2D eigenvalue weighted by atomic mass is 16.2. The van der Waals surface area contributed by atoms with Gasteiger partial charge in [-0.3, -0.25) is 9.59 Å². The van der Waals surface area contributed by atoms with Gasteiger partial charge in [0.25, 0.3) is 5.91 Å². The van der Waals surface area contributed by atoms with Crippen LogP contribution < -0.4 is 16.0 Å². The van der Waals surface area contributed by atoms with Gasteiger partial charge in [0.15, 0.2) is 0 Å². The maximum atomic E-state index is 12.3. The summed E-state index contributed by atoms with van der Waals surface area (Å²) in [6, 6.07) is 14.8. The average molecular weight is 339 g/mol. The van der Waals surface area contributed by atoms with E-state index in [1.807, 2.05) is 45.0 Å². The van der Waals surface area contributed by atoms with Crippen LogP contribution in [-0.2, 0) is 4.79 Å². The lowest BCUT2D eigenvalue weighted by molar-refractivity contribution is -0.114. The molecule has 3 N–H and O–H groups in total. The number of benzene rings is 2. The van der Waals surface area contributed by atoms with E-state index in [1.54, 1.807) is 24.3 Å². The number of amides is 2. The number of carbonyl (C=O) groups excluding carboxylic acids is 2. The zero-order chi connectivity index (χ0) is 18.2. The number of anilines is 2. The molecule has 0 unspecified atom stereocenters. The van der Waals surface area contributed by atoms with Crippen molar-refractivity contribution in [1.82, 2.24) is 5.32 Å². The van der Waals surface area contributed by atoms with Crippen LogP contribution in [0.3, 0.4) is 0 Å². The van der Waals surface area contributed by atoms with E-state index in [9.17, 15) is 9.59 Å². The smallest absolute Gasteiger partial charge is 0.253 e. The van der Waals surface area contributed by atoms with Crippen molar-refractivity contribution in [2.24, 2.45) is 5.92 Å². The van der Waals surface area contributed by atoms with Crippen molar-refractivity contribution in [2.75, 3.05) is 23.7 Å². The predicted molar refractivity (Wildman–Crippen MR) is 102 cm³/mol. The molecule has 0 bridgehead atoms. The van der Waals surface area contributed by atoms with Crippen molar-refractivity contribution >= 4 is 23.2 Å². The Balaban J connectivity index is 1.96. The number of nitrogens with one attached hydrogen (secondary N) is 3. The maximum Gasteiger partial charge on any atom is 0.253 e. The molecule has 0 saturated carbocycles. The zero-order valence-corrected chi connectivity index (χ0v) is 14.9. The Hall–Kier alpha value is -2.82. The first kappa shape index (κ1) is 18.5. The summed E-state index contributed by atoms with van der Waals surface area (Å²) in [6.45, 7) is 6.80. The number of carbonyl (C=O) groups is 2. The molecule has 132 valence electrons. The summed E-state index contributed by atoms with van der Waals surface area (Å²) < 4.78 is 0. The number of hydrogen-bond donors (Lipinski definition) is 3. The lowest BCUT2D eigenvalue weighted by atomic mass is 10.1. The minimum atomic E-state index is -0.204. The van der Waals surface area contributed by atoms with Crippen LogP contribution in [0.25, 0.3) is 0 Å². The van der Waals surface area contributed by atoms with Crippen LogP contribution in [0.4, 0.5) is 11.4 Å². The van der Waals surface area contributed by atoms with Gasteiger partial charge in [0, 0.05) is 12.2 Å². The lowest BCUT2D eigenvalue weighted by Gasteiger charge is -2.13. The Morgan fingerprint density at radius 3 is 2.36 bits per heavy atom. The highest BCUT2D eigenvalue weighted by Crippen LogP contribution is 2.15. The second-order valence-electron chi connectivity index (χ2n) is 6.42. The minimum absolute atomic E-state index is 0.130. The largest absolute Gasteiger partial charge is 0.376 e. The summed E-state index contributed by atoms with van der Waals surface area (Å²) in [6.07, 6.45) is 0. The molecule has 0 heterocycles. The molecule has 2 aromatic rings. The summed E-state index contributed by atoms with van der Waals surface area (Å²) in [5.74, 6) is -0.0230. The Labute approximate surface area is 148 Å². The van der Waals surface area contributed by atoms with Crippen LogP contribution in [0.1, 0.15) is 29.8 Å². The molecular weight excluding hydrogens is 314 g/mol. The van der Waals surface area contributed by atoms with Gasteiger partial charge in [-0.25, -0.2) is 0 Å². The van der Waals surface area contributed by atoms with Crippen LogP contribution in [0, 0.1) is 12.8 Å². The number of aryl methyl sites for hydroxylation is 1. The van der Waals surface area contributed by atoms with Crippen molar-refractivity contribution in [2.45, 2.75) is 20.8 Å². The molecule has 0 aromatic heterocycles. The van der Waals surface area contributed by atoms with Crippen LogP contribution in [-0.4, -0.2) is 24.9 Å². The molecule has 2 rings (SSSR count). The van der Waals surface area contributed by atoms with E-state index >= 15 is 0 Å². The van der Waals surface area contributed by atoms with Gasteiger partial charge in [-0.2, -0.15) is 0 Å². The fourth-order valence-electron chi connectivity index (χ4n) is 2.23. The molecular formula is C20H25N3O2. The second-order valence-corrected chi connectivity index (χ2v) is 6.42. The molecule has 0 radical (unpaired) electrons. The van der Waals surface area contributed by atoms with Gasteiger partial charge in [0.1, 0.15) is 0 Å². The van der Waals surface area contributed by atoms with Crippen molar-refractivity contribution < 1.29 is 9.59 Å². The number of rotatable bonds is 7. The standard InChI is InChI=1S/C20H25N3O2/c1-14(2)12-22-20(25)17-6-4-5-7-18(17)23-19(24)13-21-16-10-8-15(3)9-11-16/h4-11,14,21H,12-13H2,1-3H3,(H,22,25)(H,23,24). The molecule has 0 saturated heterocycles. The van der Waals surface area contributed by atoms with Gasteiger partial charge in [-0.05, 0) is 37.1 Å². The highest BCUT2D eigenvalue weighted by molar-refractivity contribution is 6.04. The molecule has 0 spiro atoms. The fourth-order valence-corrected chi connectivity index (χ4v) is 2.23.